The van der Waals surface area contributed by atoms with Gasteiger partial charge in [0, 0.05) is 32.2 Å². The Morgan fingerprint density at radius 2 is 2.25 bits per heavy atom. The minimum absolute atomic E-state index is 0.00433. The molecule has 0 bridgehead atoms. The lowest BCUT2D eigenvalue weighted by atomic mass is 10.0. The van der Waals surface area contributed by atoms with Gasteiger partial charge >= 0.3 is 5.97 Å². The molecular formula is C10H15N3O3. The fourth-order valence-corrected chi connectivity index (χ4v) is 1.36. The Labute approximate surface area is 93.3 Å². The second kappa shape index (κ2) is 5.29. The van der Waals surface area contributed by atoms with E-state index in [0.717, 1.165) is 0 Å². The van der Waals surface area contributed by atoms with Gasteiger partial charge in [-0.25, -0.2) is 0 Å². The van der Waals surface area contributed by atoms with E-state index < -0.39 is 5.97 Å². The largest absolute Gasteiger partial charge is 0.481 e. The average Bonchev–Trinajstić information content (AvgIpc) is 2.48. The number of carbonyl (C=O) groups excluding carboxylic acids is 1. The molecule has 1 aromatic rings. The van der Waals surface area contributed by atoms with E-state index in [-0.39, 0.29) is 24.7 Å². The van der Waals surface area contributed by atoms with Gasteiger partial charge < -0.3 is 10.4 Å². The highest BCUT2D eigenvalue weighted by molar-refractivity contribution is 5.90. The van der Waals surface area contributed by atoms with Crippen molar-refractivity contribution in [1.82, 2.24) is 9.78 Å². The van der Waals surface area contributed by atoms with Crippen LogP contribution >= 0.6 is 0 Å². The van der Waals surface area contributed by atoms with E-state index in [9.17, 15) is 9.59 Å². The second-order valence-electron chi connectivity index (χ2n) is 3.83. The molecule has 0 aromatic carbocycles. The number of aliphatic carboxylic acids is 1. The van der Waals surface area contributed by atoms with E-state index in [4.69, 9.17) is 5.11 Å². The van der Waals surface area contributed by atoms with Crippen LogP contribution in [0.15, 0.2) is 12.3 Å². The Kier molecular flexibility index (Phi) is 4.04. The topological polar surface area (TPSA) is 84.2 Å². The lowest BCUT2D eigenvalue weighted by Crippen LogP contribution is -2.17. The molecule has 0 aliphatic heterocycles. The molecule has 1 unspecified atom stereocenters. The lowest BCUT2D eigenvalue weighted by Gasteiger charge is -2.07. The maximum atomic E-state index is 11.5. The van der Waals surface area contributed by atoms with E-state index in [0.29, 0.717) is 5.82 Å². The normalized spacial score (nSPS) is 12.1. The van der Waals surface area contributed by atoms with Crippen molar-refractivity contribution in [3.63, 3.8) is 0 Å². The second-order valence-corrected chi connectivity index (χ2v) is 3.83. The number of carboxylic acid groups (broad SMARTS) is 1. The van der Waals surface area contributed by atoms with Crippen molar-refractivity contribution in [2.24, 2.45) is 13.0 Å². The summed E-state index contributed by atoms with van der Waals surface area (Å²) in [4.78, 5) is 21.9. The van der Waals surface area contributed by atoms with Crippen LogP contribution in [0.25, 0.3) is 0 Å². The maximum absolute atomic E-state index is 11.5. The number of aryl methyl sites for hydroxylation is 1. The van der Waals surface area contributed by atoms with Crippen LogP contribution in [0.3, 0.4) is 0 Å². The summed E-state index contributed by atoms with van der Waals surface area (Å²) in [6, 6.07) is 1.68. The first-order valence-electron chi connectivity index (χ1n) is 4.98. The Morgan fingerprint density at radius 3 is 2.75 bits per heavy atom. The smallest absolute Gasteiger partial charge is 0.303 e. The Hall–Kier alpha value is -1.85. The quantitative estimate of drug-likeness (QED) is 0.778. The zero-order valence-corrected chi connectivity index (χ0v) is 9.30. The molecule has 0 aliphatic carbocycles. The highest BCUT2D eigenvalue weighted by atomic mass is 16.4. The summed E-state index contributed by atoms with van der Waals surface area (Å²) in [6.07, 6.45) is 1.90. The van der Waals surface area contributed by atoms with Crippen LogP contribution in [0, 0.1) is 5.92 Å². The van der Waals surface area contributed by atoms with Gasteiger partial charge in [0.25, 0.3) is 0 Å². The van der Waals surface area contributed by atoms with Crippen molar-refractivity contribution in [3.8, 4) is 0 Å². The van der Waals surface area contributed by atoms with Gasteiger partial charge in [-0.3, -0.25) is 14.3 Å². The first-order valence-corrected chi connectivity index (χ1v) is 4.98. The molecule has 0 aliphatic rings. The van der Waals surface area contributed by atoms with E-state index in [2.05, 4.69) is 10.4 Å². The van der Waals surface area contributed by atoms with Crippen LogP contribution in [0.5, 0.6) is 0 Å². The summed E-state index contributed by atoms with van der Waals surface area (Å²) < 4.78 is 1.58. The molecular weight excluding hydrogens is 210 g/mol. The number of aromatic nitrogens is 2. The van der Waals surface area contributed by atoms with Crippen LogP contribution < -0.4 is 5.32 Å². The lowest BCUT2D eigenvalue weighted by molar-refractivity contribution is -0.138. The van der Waals surface area contributed by atoms with Gasteiger partial charge in [-0.05, 0) is 5.92 Å². The predicted octanol–water partition coefficient (Wildman–Crippen LogP) is 0.859. The monoisotopic (exact) mass is 225 g/mol. The molecule has 88 valence electrons. The number of nitrogens with zero attached hydrogens (tertiary/aromatic N) is 2. The Morgan fingerprint density at radius 1 is 1.56 bits per heavy atom. The number of amides is 1. The van der Waals surface area contributed by atoms with Crippen molar-refractivity contribution < 1.29 is 14.7 Å². The van der Waals surface area contributed by atoms with Crippen LogP contribution in [-0.2, 0) is 16.6 Å². The van der Waals surface area contributed by atoms with E-state index in [1.807, 2.05) is 0 Å². The SMILES string of the molecule is CC(CC(=O)O)CC(=O)Nc1ccn(C)n1. The third-order valence-corrected chi connectivity index (χ3v) is 2.04. The van der Waals surface area contributed by atoms with Crippen molar-refractivity contribution in [3.05, 3.63) is 12.3 Å². The molecule has 16 heavy (non-hydrogen) atoms. The van der Waals surface area contributed by atoms with E-state index in [1.54, 1.807) is 30.9 Å². The number of anilines is 1. The fraction of sp³-hybridized carbons (Fsp3) is 0.500. The molecule has 0 saturated carbocycles. The molecule has 1 amide bonds. The summed E-state index contributed by atoms with van der Waals surface area (Å²) in [5, 5.41) is 15.1. The zero-order valence-electron chi connectivity index (χ0n) is 9.30. The Balaban J connectivity index is 2.38. The van der Waals surface area contributed by atoms with Gasteiger partial charge in [0.15, 0.2) is 5.82 Å². The van der Waals surface area contributed by atoms with Gasteiger partial charge in [-0.2, -0.15) is 5.10 Å². The summed E-state index contributed by atoms with van der Waals surface area (Å²) in [6.45, 7) is 1.73. The standard InChI is InChI=1S/C10H15N3O3/c1-7(6-10(15)16)5-9(14)11-8-3-4-13(2)12-8/h3-4,7H,5-6H2,1-2H3,(H,15,16)(H,11,12,14). The Bertz CT molecular complexity index is 386. The summed E-state index contributed by atoms with van der Waals surface area (Å²) in [7, 11) is 1.75. The third kappa shape index (κ3) is 4.12. The molecule has 1 heterocycles. The first-order chi connectivity index (χ1) is 7.47. The number of hydrogen-bond donors (Lipinski definition) is 2. The molecule has 0 spiro atoms. The van der Waals surface area contributed by atoms with Crippen LogP contribution in [0.4, 0.5) is 5.82 Å². The van der Waals surface area contributed by atoms with Gasteiger partial charge in [-0.1, -0.05) is 6.92 Å². The summed E-state index contributed by atoms with van der Waals surface area (Å²) in [5.41, 5.74) is 0. The molecule has 0 radical (unpaired) electrons. The van der Waals surface area contributed by atoms with Gasteiger partial charge in [-0.15, -0.1) is 0 Å². The van der Waals surface area contributed by atoms with Crippen molar-refractivity contribution in [2.45, 2.75) is 19.8 Å². The van der Waals surface area contributed by atoms with Crippen LogP contribution in [0.2, 0.25) is 0 Å². The van der Waals surface area contributed by atoms with E-state index >= 15 is 0 Å². The van der Waals surface area contributed by atoms with Crippen LogP contribution in [-0.4, -0.2) is 26.8 Å². The minimum Gasteiger partial charge on any atom is -0.481 e. The molecule has 1 atom stereocenters. The van der Waals surface area contributed by atoms with Crippen molar-refractivity contribution in [2.75, 3.05) is 5.32 Å². The molecule has 2 N–H and O–H groups in total. The van der Waals surface area contributed by atoms with Crippen molar-refractivity contribution in [1.29, 1.82) is 0 Å². The zero-order chi connectivity index (χ0) is 12.1. The minimum atomic E-state index is -0.891. The summed E-state index contributed by atoms with van der Waals surface area (Å²) >= 11 is 0. The number of hydrogen-bond acceptors (Lipinski definition) is 3. The molecule has 6 heteroatoms. The molecule has 1 aromatic heterocycles. The van der Waals surface area contributed by atoms with Gasteiger partial charge in [0.1, 0.15) is 0 Å². The van der Waals surface area contributed by atoms with E-state index in [1.165, 1.54) is 0 Å². The highest BCUT2D eigenvalue weighted by Gasteiger charge is 2.13. The van der Waals surface area contributed by atoms with Crippen molar-refractivity contribution >= 4 is 17.7 Å². The number of carboxylic acids is 1. The predicted molar refractivity (Wildman–Crippen MR) is 57.9 cm³/mol. The number of nitrogens with one attached hydrogen (secondary N) is 1. The summed E-state index contributed by atoms with van der Waals surface area (Å²) in [5.74, 6) is -0.804. The van der Waals surface area contributed by atoms with Crippen LogP contribution in [0.1, 0.15) is 19.8 Å². The van der Waals surface area contributed by atoms with Gasteiger partial charge in [0.05, 0.1) is 0 Å². The van der Waals surface area contributed by atoms with Gasteiger partial charge in [0.2, 0.25) is 5.91 Å². The molecule has 1 rings (SSSR count). The molecule has 0 fully saturated rings. The number of rotatable bonds is 5. The molecule has 0 saturated heterocycles. The average molecular weight is 225 g/mol. The third-order valence-electron chi connectivity index (χ3n) is 2.04. The fourth-order valence-electron chi connectivity index (χ4n) is 1.36. The molecule has 6 nitrogen and oxygen atoms in total. The first kappa shape index (κ1) is 12.2. The highest BCUT2D eigenvalue weighted by Crippen LogP contribution is 2.09. The maximum Gasteiger partial charge on any atom is 0.303 e. The number of carbonyl (C=O) groups is 2.